The van der Waals surface area contributed by atoms with Crippen LogP contribution >= 0.6 is 23.4 Å². The zero-order valence-corrected chi connectivity index (χ0v) is 17.1. The largest absolute Gasteiger partial charge is 0.325 e. The molecule has 1 amide bonds. The number of rotatable bonds is 6. The molecule has 5 nitrogen and oxygen atoms in total. The molecule has 0 radical (unpaired) electrons. The summed E-state index contributed by atoms with van der Waals surface area (Å²) in [5, 5.41) is 12.9. The van der Waals surface area contributed by atoms with Crippen LogP contribution in [0.2, 0.25) is 5.02 Å². The number of benzene rings is 2. The van der Waals surface area contributed by atoms with Crippen LogP contribution in [0.3, 0.4) is 0 Å². The molecule has 0 saturated carbocycles. The van der Waals surface area contributed by atoms with E-state index in [1.54, 1.807) is 0 Å². The molecule has 3 rings (SSSR count). The van der Waals surface area contributed by atoms with Gasteiger partial charge in [0, 0.05) is 22.8 Å². The second-order valence-electron chi connectivity index (χ2n) is 6.22. The van der Waals surface area contributed by atoms with Gasteiger partial charge in [0.1, 0.15) is 0 Å². The van der Waals surface area contributed by atoms with E-state index in [4.69, 9.17) is 11.6 Å². The smallest absolute Gasteiger partial charge is 0.234 e. The minimum atomic E-state index is -0.0677. The van der Waals surface area contributed by atoms with Crippen LogP contribution in [0, 0.1) is 13.8 Å². The topological polar surface area (TPSA) is 59.8 Å². The maximum atomic E-state index is 12.3. The average Bonchev–Trinajstić information content (AvgIpc) is 3.05. The summed E-state index contributed by atoms with van der Waals surface area (Å²) < 4.78 is 1.99. The van der Waals surface area contributed by atoms with Gasteiger partial charge < -0.3 is 9.88 Å². The van der Waals surface area contributed by atoms with Crippen molar-refractivity contribution in [3.63, 3.8) is 0 Å². The van der Waals surface area contributed by atoms with E-state index >= 15 is 0 Å². The lowest BCUT2D eigenvalue weighted by atomic mass is 10.1. The second kappa shape index (κ2) is 8.59. The molecule has 1 N–H and O–H groups in total. The van der Waals surface area contributed by atoms with Gasteiger partial charge in [-0.05, 0) is 44.5 Å². The van der Waals surface area contributed by atoms with E-state index < -0.39 is 0 Å². The number of nitrogens with zero attached hydrogens (tertiary/aromatic N) is 3. The Morgan fingerprint density at radius 2 is 2.00 bits per heavy atom. The number of carbonyl (C=O) groups excluding carboxylic acids is 1. The van der Waals surface area contributed by atoms with Gasteiger partial charge in [0.05, 0.1) is 5.75 Å². The van der Waals surface area contributed by atoms with Crippen LogP contribution < -0.4 is 5.32 Å². The van der Waals surface area contributed by atoms with Gasteiger partial charge >= 0.3 is 0 Å². The molecule has 0 aliphatic carbocycles. The highest BCUT2D eigenvalue weighted by atomic mass is 35.5. The van der Waals surface area contributed by atoms with Crippen LogP contribution in [0.4, 0.5) is 5.69 Å². The van der Waals surface area contributed by atoms with Gasteiger partial charge in [-0.1, -0.05) is 53.2 Å². The van der Waals surface area contributed by atoms with E-state index in [0.717, 1.165) is 22.6 Å². The summed E-state index contributed by atoms with van der Waals surface area (Å²) in [5.74, 6) is 0.945. The number of hydrogen-bond acceptors (Lipinski definition) is 4. The molecule has 27 heavy (non-hydrogen) atoms. The fourth-order valence-corrected chi connectivity index (χ4v) is 3.78. The molecular formula is C20H21ClN4OS. The Labute approximate surface area is 168 Å². The van der Waals surface area contributed by atoms with Crippen LogP contribution in [0.25, 0.3) is 11.4 Å². The highest BCUT2D eigenvalue weighted by molar-refractivity contribution is 7.99. The summed E-state index contributed by atoms with van der Waals surface area (Å²) >= 11 is 7.46. The van der Waals surface area contributed by atoms with Crippen molar-refractivity contribution in [3.05, 3.63) is 58.6 Å². The third-order valence-corrected chi connectivity index (χ3v) is 5.31. The Balaban J connectivity index is 1.70. The van der Waals surface area contributed by atoms with E-state index in [0.29, 0.717) is 16.7 Å². The zero-order valence-electron chi connectivity index (χ0n) is 15.5. The van der Waals surface area contributed by atoms with E-state index in [9.17, 15) is 4.79 Å². The number of carbonyl (C=O) groups is 1. The van der Waals surface area contributed by atoms with Crippen molar-refractivity contribution in [2.75, 3.05) is 11.1 Å². The number of hydrogen-bond donors (Lipinski definition) is 1. The number of nitrogens with one attached hydrogen (secondary N) is 1. The van der Waals surface area contributed by atoms with Crippen molar-refractivity contribution in [3.8, 4) is 11.4 Å². The number of aryl methyl sites for hydroxylation is 2. The summed E-state index contributed by atoms with van der Waals surface area (Å²) in [7, 11) is 0. The lowest BCUT2D eigenvalue weighted by molar-refractivity contribution is -0.113. The van der Waals surface area contributed by atoms with Gasteiger partial charge in [0.25, 0.3) is 0 Å². The number of aromatic nitrogens is 3. The van der Waals surface area contributed by atoms with Gasteiger partial charge in [-0.2, -0.15) is 0 Å². The monoisotopic (exact) mass is 400 g/mol. The zero-order chi connectivity index (χ0) is 19.4. The standard InChI is InChI=1S/C20H21ClN4OS/c1-4-25-19(15-6-5-7-16(21)11-15)23-24-20(25)27-12-18(26)22-17-9-8-13(2)10-14(17)3/h5-11H,4,12H2,1-3H3,(H,22,26). The minimum absolute atomic E-state index is 0.0677. The highest BCUT2D eigenvalue weighted by Crippen LogP contribution is 2.26. The SMILES string of the molecule is CCn1c(SCC(=O)Nc2ccc(C)cc2C)nnc1-c1cccc(Cl)c1. The number of thioether (sulfide) groups is 1. The van der Waals surface area contributed by atoms with E-state index in [1.165, 1.54) is 17.3 Å². The first-order chi connectivity index (χ1) is 13.0. The Bertz CT molecular complexity index is 970. The Hall–Kier alpha value is -2.31. The Morgan fingerprint density at radius 3 is 2.70 bits per heavy atom. The van der Waals surface area contributed by atoms with Gasteiger partial charge in [-0.25, -0.2) is 0 Å². The van der Waals surface area contributed by atoms with Crippen molar-refractivity contribution in [1.29, 1.82) is 0 Å². The van der Waals surface area contributed by atoms with Crippen molar-refractivity contribution < 1.29 is 4.79 Å². The van der Waals surface area contributed by atoms with E-state index in [2.05, 4.69) is 15.5 Å². The molecule has 0 saturated heterocycles. The molecule has 0 aliphatic rings. The predicted octanol–water partition coefficient (Wildman–Crippen LogP) is 4.97. The van der Waals surface area contributed by atoms with Crippen molar-refractivity contribution >= 4 is 35.0 Å². The second-order valence-corrected chi connectivity index (χ2v) is 7.59. The number of halogens is 1. The van der Waals surface area contributed by atoms with Crippen molar-refractivity contribution in [1.82, 2.24) is 14.8 Å². The molecule has 7 heteroatoms. The molecule has 0 unspecified atom stereocenters. The molecule has 0 atom stereocenters. The molecule has 1 aromatic heterocycles. The van der Waals surface area contributed by atoms with Crippen molar-refractivity contribution in [2.45, 2.75) is 32.5 Å². The summed E-state index contributed by atoms with van der Waals surface area (Å²) in [6, 6.07) is 13.5. The average molecular weight is 401 g/mol. The van der Waals surface area contributed by atoms with Crippen molar-refractivity contribution in [2.24, 2.45) is 0 Å². The summed E-state index contributed by atoms with van der Waals surface area (Å²) in [6.07, 6.45) is 0. The summed E-state index contributed by atoms with van der Waals surface area (Å²) in [4.78, 5) is 12.3. The Kier molecular flexibility index (Phi) is 6.19. The van der Waals surface area contributed by atoms with Gasteiger partial charge in [-0.3, -0.25) is 4.79 Å². The quantitative estimate of drug-likeness (QED) is 0.593. The first kappa shape index (κ1) is 19.5. The van der Waals surface area contributed by atoms with Gasteiger partial charge in [0.2, 0.25) is 5.91 Å². The van der Waals surface area contributed by atoms with Crippen LogP contribution in [0.15, 0.2) is 47.6 Å². The maximum absolute atomic E-state index is 12.3. The fourth-order valence-electron chi connectivity index (χ4n) is 2.79. The van der Waals surface area contributed by atoms with E-state index in [1.807, 2.05) is 67.8 Å². The number of amides is 1. The molecule has 0 spiro atoms. The molecule has 0 aliphatic heterocycles. The lowest BCUT2D eigenvalue weighted by Crippen LogP contribution is -2.15. The molecular weight excluding hydrogens is 380 g/mol. The van der Waals surface area contributed by atoms with Crippen LogP contribution in [0.1, 0.15) is 18.1 Å². The molecule has 3 aromatic rings. The predicted molar refractivity (Wildman–Crippen MR) is 111 cm³/mol. The third kappa shape index (κ3) is 4.70. The third-order valence-electron chi connectivity index (χ3n) is 4.10. The van der Waals surface area contributed by atoms with Gasteiger partial charge in [-0.15, -0.1) is 10.2 Å². The molecule has 140 valence electrons. The number of anilines is 1. The fraction of sp³-hybridized carbons (Fsp3) is 0.250. The molecule has 2 aromatic carbocycles. The van der Waals surface area contributed by atoms with Crippen LogP contribution in [0.5, 0.6) is 0 Å². The Morgan fingerprint density at radius 1 is 1.19 bits per heavy atom. The normalized spacial score (nSPS) is 10.8. The van der Waals surface area contributed by atoms with Crippen LogP contribution in [-0.2, 0) is 11.3 Å². The highest BCUT2D eigenvalue weighted by Gasteiger charge is 2.15. The maximum Gasteiger partial charge on any atom is 0.234 e. The lowest BCUT2D eigenvalue weighted by Gasteiger charge is -2.10. The first-order valence-electron chi connectivity index (χ1n) is 8.67. The summed E-state index contributed by atoms with van der Waals surface area (Å²) in [6.45, 7) is 6.75. The molecule has 0 fully saturated rings. The molecule has 1 heterocycles. The van der Waals surface area contributed by atoms with Crippen LogP contribution in [-0.4, -0.2) is 26.4 Å². The first-order valence-corrected chi connectivity index (χ1v) is 10.0. The van der Waals surface area contributed by atoms with E-state index in [-0.39, 0.29) is 11.7 Å². The minimum Gasteiger partial charge on any atom is -0.325 e. The van der Waals surface area contributed by atoms with Gasteiger partial charge in [0.15, 0.2) is 11.0 Å². The molecule has 0 bridgehead atoms. The summed E-state index contributed by atoms with van der Waals surface area (Å²) in [5.41, 5.74) is 3.96.